The summed E-state index contributed by atoms with van der Waals surface area (Å²) >= 11 is 0. The van der Waals surface area contributed by atoms with Crippen LogP contribution >= 0.6 is 0 Å². The van der Waals surface area contributed by atoms with E-state index in [1.54, 1.807) is 24.3 Å². The van der Waals surface area contributed by atoms with Gasteiger partial charge in [0.1, 0.15) is 0 Å². The van der Waals surface area contributed by atoms with Crippen molar-refractivity contribution in [3.8, 4) is 0 Å². The van der Waals surface area contributed by atoms with E-state index in [4.69, 9.17) is 13.9 Å². The maximum atomic E-state index is 13.2. The Kier molecular flexibility index (Phi) is 10.5. The highest BCUT2D eigenvalue weighted by Crippen LogP contribution is 2.38. The maximum Gasteiger partial charge on any atom is 0.261 e. The van der Waals surface area contributed by atoms with Gasteiger partial charge in [0.15, 0.2) is 9.84 Å². The molecule has 5 rings (SSSR count). The van der Waals surface area contributed by atoms with E-state index in [-0.39, 0.29) is 29.1 Å². The van der Waals surface area contributed by atoms with Crippen LogP contribution in [0.5, 0.6) is 0 Å². The highest BCUT2D eigenvalue weighted by molar-refractivity contribution is 7.91. The molecule has 4 aromatic rings. The van der Waals surface area contributed by atoms with Crippen molar-refractivity contribution in [3.05, 3.63) is 127 Å². The third-order valence-electron chi connectivity index (χ3n) is 8.54. The second-order valence-corrected chi connectivity index (χ2v) is 19.0. The van der Waals surface area contributed by atoms with Crippen molar-refractivity contribution in [2.75, 3.05) is 12.4 Å². The summed E-state index contributed by atoms with van der Waals surface area (Å²) in [5, 5.41) is 2.35. The van der Waals surface area contributed by atoms with Gasteiger partial charge in [-0.25, -0.2) is 8.42 Å². The Bertz CT molecular complexity index is 1500. The van der Waals surface area contributed by atoms with Crippen LogP contribution in [0.4, 0.5) is 0 Å². The Labute approximate surface area is 264 Å². The van der Waals surface area contributed by atoms with Gasteiger partial charge in [0.05, 0.1) is 42.2 Å². The molecular formula is C37H44O5SSi. The SMILES string of the molecule is CC(C)(C)[Si](OC[C@@H]1CC[C@@H]([C@H](CCS(=O)(=O)c2ccccc2)OCc2ccccc2)O1)(c1ccccc1)c1ccccc1. The molecule has 0 unspecified atom stereocenters. The van der Waals surface area contributed by atoms with Crippen LogP contribution in [0.25, 0.3) is 0 Å². The summed E-state index contributed by atoms with van der Waals surface area (Å²) in [6.45, 7) is 7.70. The van der Waals surface area contributed by atoms with E-state index in [9.17, 15) is 8.42 Å². The van der Waals surface area contributed by atoms with Crippen LogP contribution in [-0.2, 0) is 30.3 Å². The number of benzene rings is 4. The van der Waals surface area contributed by atoms with Gasteiger partial charge in [-0.3, -0.25) is 0 Å². The monoisotopic (exact) mass is 628 g/mol. The molecule has 1 saturated heterocycles. The highest BCUT2D eigenvalue weighted by Gasteiger charge is 2.50. The molecule has 4 aromatic carbocycles. The minimum Gasteiger partial charge on any atom is -0.405 e. The van der Waals surface area contributed by atoms with Crippen molar-refractivity contribution in [2.45, 2.75) is 74.9 Å². The first-order valence-corrected chi connectivity index (χ1v) is 19.1. The number of sulfone groups is 1. The van der Waals surface area contributed by atoms with E-state index >= 15 is 0 Å². The molecule has 1 heterocycles. The summed E-state index contributed by atoms with van der Waals surface area (Å²) in [5.41, 5.74) is 1.05. The van der Waals surface area contributed by atoms with Crippen molar-refractivity contribution < 1.29 is 22.3 Å². The largest absolute Gasteiger partial charge is 0.405 e. The summed E-state index contributed by atoms with van der Waals surface area (Å²) in [7, 11) is -6.14. The fourth-order valence-corrected chi connectivity index (χ4v) is 12.2. The van der Waals surface area contributed by atoms with Gasteiger partial charge in [0, 0.05) is 0 Å². The molecule has 0 bridgehead atoms. The van der Waals surface area contributed by atoms with Crippen LogP contribution in [0.2, 0.25) is 5.04 Å². The van der Waals surface area contributed by atoms with Gasteiger partial charge in [-0.15, -0.1) is 0 Å². The molecule has 0 amide bonds. The third-order valence-corrected chi connectivity index (χ3v) is 15.3. The van der Waals surface area contributed by atoms with Crippen molar-refractivity contribution >= 4 is 28.5 Å². The Balaban J connectivity index is 1.33. The van der Waals surface area contributed by atoms with Gasteiger partial charge in [-0.05, 0) is 52.4 Å². The van der Waals surface area contributed by atoms with Crippen LogP contribution in [0.1, 0.15) is 45.6 Å². The minimum atomic E-state index is -3.44. The fraction of sp³-hybridized carbons (Fsp3) is 0.351. The van der Waals surface area contributed by atoms with Crippen molar-refractivity contribution in [3.63, 3.8) is 0 Å². The Morgan fingerprint density at radius 1 is 0.773 bits per heavy atom. The molecule has 1 fully saturated rings. The second kappa shape index (κ2) is 14.4. The van der Waals surface area contributed by atoms with E-state index in [0.29, 0.717) is 24.5 Å². The van der Waals surface area contributed by atoms with Gasteiger partial charge < -0.3 is 13.9 Å². The first-order valence-electron chi connectivity index (χ1n) is 15.5. The maximum absolute atomic E-state index is 13.2. The first-order chi connectivity index (χ1) is 21.2. The molecule has 3 atom stereocenters. The molecule has 0 N–H and O–H groups in total. The summed E-state index contributed by atoms with van der Waals surface area (Å²) in [6.07, 6.45) is 1.31. The van der Waals surface area contributed by atoms with Gasteiger partial charge in [0.2, 0.25) is 0 Å². The topological polar surface area (TPSA) is 61.8 Å². The van der Waals surface area contributed by atoms with Crippen LogP contribution < -0.4 is 10.4 Å². The molecule has 232 valence electrons. The predicted molar refractivity (Wildman–Crippen MR) is 180 cm³/mol. The molecule has 7 heteroatoms. The molecule has 1 aliphatic heterocycles. The van der Waals surface area contributed by atoms with E-state index in [1.165, 1.54) is 10.4 Å². The average Bonchev–Trinajstić information content (AvgIpc) is 3.51. The zero-order valence-corrected chi connectivity index (χ0v) is 27.8. The lowest BCUT2D eigenvalue weighted by molar-refractivity contribution is -0.0828. The molecule has 0 saturated carbocycles. The summed E-state index contributed by atoms with van der Waals surface area (Å²) in [4.78, 5) is 0.339. The lowest BCUT2D eigenvalue weighted by Crippen LogP contribution is -2.67. The lowest BCUT2D eigenvalue weighted by Gasteiger charge is -2.43. The molecule has 0 aromatic heterocycles. The number of hydrogen-bond donors (Lipinski definition) is 0. The molecule has 44 heavy (non-hydrogen) atoms. The van der Waals surface area contributed by atoms with E-state index in [2.05, 4.69) is 81.4 Å². The fourth-order valence-electron chi connectivity index (χ4n) is 6.28. The van der Waals surface area contributed by atoms with Crippen molar-refractivity contribution in [1.29, 1.82) is 0 Å². The van der Waals surface area contributed by atoms with Crippen LogP contribution in [0.3, 0.4) is 0 Å². The van der Waals surface area contributed by atoms with Gasteiger partial charge in [-0.1, -0.05) is 130 Å². The van der Waals surface area contributed by atoms with Gasteiger partial charge in [-0.2, -0.15) is 0 Å². The second-order valence-electron chi connectivity index (χ2n) is 12.6. The molecule has 5 nitrogen and oxygen atoms in total. The minimum absolute atomic E-state index is 0.000437. The van der Waals surface area contributed by atoms with Crippen LogP contribution in [-0.4, -0.2) is 47.4 Å². The summed E-state index contributed by atoms with van der Waals surface area (Å²) in [6, 6.07) is 39.9. The summed E-state index contributed by atoms with van der Waals surface area (Å²) in [5.74, 6) is -0.000437. The van der Waals surface area contributed by atoms with Crippen LogP contribution in [0, 0.1) is 0 Å². The van der Waals surface area contributed by atoms with Gasteiger partial charge in [0.25, 0.3) is 8.32 Å². The van der Waals surface area contributed by atoms with E-state index in [1.807, 2.05) is 36.4 Å². The molecule has 0 aliphatic carbocycles. The summed E-state index contributed by atoms with van der Waals surface area (Å²) < 4.78 is 46.5. The number of ether oxygens (including phenoxy) is 2. The van der Waals surface area contributed by atoms with E-state index in [0.717, 1.165) is 18.4 Å². The standard InChI is InChI=1S/C37H44O5SSi/c1-37(2,3)44(33-20-12-6-13-21-33,34-22-14-7-15-23-34)41-29-31-24-25-36(42-31)35(40-28-30-16-8-4-9-17-30)26-27-43(38,39)32-18-10-5-11-19-32/h4-23,31,35-36H,24-29H2,1-3H3/t31-,35-,36-/m0/s1. The number of hydrogen-bond acceptors (Lipinski definition) is 5. The van der Waals surface area contributed by atoms with Gasteiger partial charge >= 0.3 is 0 Å². The Hall–Kier alpha value is -3.07. The third kappa shape index (κ3) is 7.58. The first kappa shape index (κ1) is 32.3. The molecule has 1 aliphatic rings. The average molecular weight is 629 g/mol. The van der Waals surface area contributed by atoms with Crippen molar-refractivity contribution in [2.24, 2.45) is 0 Å². The quantitative estimate of drug-likeness (QED) is 0.157. The van der Waals surface area contributed by atoms with Crippen molar-refractivity contribution in [1.82, 2.24) is 0 Å². The normalized spacial score (nSPS) is 18.2. The lowest BCUT2D eigenvalue weighted by atomic mass is 10.1. The molecular weight excluding hydrogens is 585 g/mol. The zero-order chi connectivity index (χ0) is 31.0. The predicted octanol–water partition coefficient (Wildman–Crippen LogP) is 6.56. The smallest absolute Gasteiger partial charge is 0.261 e. The molecule has 0 spiro atoms. The molecule has 0 radical (unpaired) electrons. The van der Waals surface area contributed by atoms with E-state index < -0.39 is 18.2 Å². The highest BCUT2D eigenvalue weighted by atomic mass is 32.2. The Morgan fingerprint density at radius 2 is 1.30 bits per heavy atom. The zero-order valence-electron chi connectivity index (χ0n) is 26.0. The Morgan fingerprint density at radius 3 is 1.84 bits per heavy atom. The van der Waals surface area contributed by atoms with Crippen LogP contribution in [0.15, 0.2) is 126 Å². The number of rotatable bonds is 13.